The van der Waals surface area contributed by atoms with Crippen LogP contribution in [0.1, 0.15) is 58.1 Å². The van der Waals surface area contributed by atoms with Crippen LogP contribution < -0.4 is 0 Å². The molecule has 1 unspecified atom stereocenters. The number of aromatic nitrogens is 1. The van der Waals surface area contributed by atoms with E-state index < -0.39 is 0 Å². The standard InChI is InChI=1S/C16H26INO2/c1-12-7-8-14(16(12,2)3)19-11-15-18-10-13(20-15)6-4-5-9-17/h10,12,14H,4-9,11H2,1-3H3/t12?,14-/m0/s1. The van der Waals surface area contributed by atoms with E-state index in [1.165, 1.54) is 23.7 Å². The van der Waals surface area contributed by atoms with E-state index >= 15 is 0 Å². The fourth-order valence-electron chi connectivity index (χ4n) is 2.86. The molecular weight excluding hydrogens is 365 g/mol. The molecule has 1 saturated carbocycles. The highest BCUT2D eigenvalue weighted by atomic mass is 127. The quantitative estimate of drug-likeness (QED) is 0.382. The van der Waals surface area contributed by atoms with Gasteiger partial charge in [0.2, 0.25) is 5.89 Å². The van der Waals surface area contributed by atoms with E-state index in [4.69, 9.17) is 9.15 Å². The molecule has 2 atom stereocenters. The third kappa shape index (κ3) is 3.97. The largest absolute Gasteiger partial charge is 0.443 e. The summed E-state index contributed by atoms with van der Waals surface area (Å²) in [6.45, 7) is 7.44. The van der Waals surface area contributed by atoms with Gasteiger partial charge in [-0.2, -0.15) is 0 Å². The minimum absolute atomic E-state index is 0.260. The Morgan fingerprint density at radius 1 is 1.40 bits per heavy atom. The lowest BCUT2D eigenvalue weighted by Crippen LogP contribution is -2.30. The van der Waals surface area contributed by atoms with Gasteiger partial charge in [-0.05, 0) is 41.4 Å². The van der Waals surface area contributed by atoms with E-state index in [0.717, 1.165) is 30.4 Å². The van der Waals surface area contributed by atoms with Crippen molar-refractivity contribution in [1.29, 1.82) is 0 Å². The van der Waals surface area contributed by atoms with Crippen molar-refractivity contribution >= 4 is 22.6 Å². The molecule has 0 bridgehead atoms. The van der Waals surface area contributed by atoms with Crippen LogP contribution in [0.5, 0.6) is 0 Å². The first-order valence-corrected chi connectivity index (χ1v) is 9.17. The minimum Gasteiger partial charge on any atom is -0.443 e. The lowest BCUT2D eigenvalue weighted by Gasteiger charge is -2.30. The van der Waals surface area contributed by atoms with Gasteiger partial charge in [0.15, 0.2) is 0 Å². The number of aryl methyl sites for hydroxylation is 1. The monoisotopic (exact) mass is 391 g/mol. The summed E-state index contributed by atoms with van der Waals surface area (Å²) in [6.07, 6.45) is 7.98. The molecule has 0 amide bonds. The molecule has 114 valence electrons. The summed E-state index contributed by atoms with van der Waals surface area (Å²) in [5, 5.41) is 0. The molecule has 20 heavy (non-hydrogen) atoms. The summed E-state index contributed by atoms with van der Waals surface area (Å²) in [5.41, 5.74) is 0.260. The van der Waals surface area contributed by atoms with Crippen molar-refractivity contribution in [3.05, 3.63) is 17.8 Å². The number of halogens is 1. The maximum absolute atomic E-state index is 6.06. The summed E-state index contributed by atoms with van der Waals surface area (Å²) in [7, 11) is 0. The van der Waals surface area contributed by atoms with Gasteiger partial charge in [0, 0.05) is 6.42 Å². The van der Waals surface area contributed by atoms with Gasteiger partial charge in [0.1, 0.15) is 12.4 Å². The van der Waals surface area contributed by atoms with Crippen LogP contribution in [0.2, 0.25) is 0 Å². The van der Waals surface area contributed by atoms with E-state index in [1.807, 2.05) is 6.20 Å². The second-order valence-electron chi connectivity index (χ2n) is 6.47. The van der Waals surface area contributed by atoms with Crippen molar-refractivity contribution in [2.45, 2.75) is 65.6 Å². The first kappa shape index (κ1) is 16.3. The molecule has 1 fully saturated rings. The smallest absolute Gasteiger partial charge is 0.220 e. The highest BCUT2D eigenvalue weighted by Gasteiger charge is 2.41. The van der Waals surface area contributed by atoms with Crippen molar-refractivity contribution in [2.75, 3.05) is 4.43 Å². The summed E-state index contributed by atoms with van der Waals surface area (Å²) < 4.78 is 13.0. The van der Waals surface area contributed by atoms with Crippen molar-refractivity contribution in [1.82, 2.24) is 4.98 Å². The number of alkyl halides is 1. The highest BCUT2D eigenvalue weighted by molar-refractivity contribution is 14.1. The lowest BCUT2D eigenvalue weighted by molar-refractivity contribution is -0.0348. The predicted molar refractivity (Wildman–Crippen MR) is 89.1 cm³/mol. The van der Waals surface area contributed by atoms with Crippen LogP contribution >= 0.6 is 22.6 Å². The Bertz CT molecular complexity index is 416. The Kier molecular flexibility index (Phi) is 5.90. The van der Waals surface area contributed by atoms with E-state index in [2.05, 4.69) is 48.3 Å². The average Bonchev–Trinajstić information content (AvgIpc) is 2.95. The van der Waals surface area contributed by atoms with Gasteiger partial charge in [0.05, 0.1) is 12.3 Å². The minimum atomic E-state index is 0.260. The molecule has 3 nitrogen and oxygen atoms in total. The molecule has 0 saturated heterocycles. The summed E-state index contributed by atoms with van der Waals surface area (Å²) in [6, 6.07) is 0. The number of ether oxygens (including phenoxy) is 1. The fourth-order valence-corrected chi connectivity index (χ4v) is 3.40. The third-order valence-electron chi connectivity index (χ3n) is 4.78. The Hall–Kier alpha value is -0.100. The summed E-state index contributed by atoms with van der Waals surface area (Å²) in [4.78, 5) is 4.33. The summed E-state index contributed by atoms with van der Waals surface area (Å²) in [5.74, 6) is 2.44. The Labute approximate surface area is 136 Å². The van der Waals surface area contributed by atoms with Crippen LogP contribution in [0.4, 0.5) is 0 Å². The van der Waals surface area contributed by atoms with Crippen molar-refractivity contribution in [3.63, 3.8) is 0 Å². The number of hydrogen-bond acceptors (Lipinski definition) is 3. The molecule has 0 radical (unpaired) electrons. The Morgan fingerprint density at radius 3 is 2.85 bits per heavy atom. The van der Waals surface area contributed by atoms with Gasteiger partial charge in [-0.25, -0.2) is 4.98 Å². The first-order valence-electron chi connectivity index (χ1n) is 7.65. The van der Waals surface area contributed by atoms with E-state index in [-0.39, 0.29) is 5.41 Å². The Balaban J connectivity index is 1.80. The maximum Gasteiger partial charge on any atom is 0.220 e. The molecule has 2 rings (SSSR count). The van der Waals surface area contributed by atoms with Crippen LogP contribution in [-0.2, 0) is 17.8 Å². The van der Waals surface area contributed by atoms with Gasteiger partial charge in [-0.3, -0.25) is 0 Å². The average molecular weight is 391 g/mol. The zero-order valence-corrected chi connectivity index (χ0v) is 15.0. The molecule has 1 aliphatic rings. The van der Waals surface area contributed by atoms with Crippen molar-refractivity contribution in [2.24, 2.45) is 11.3 Å². The number of unbranched alkanes of at least 4 members (excludes halogenated alkanes) is 1. The molecule has 1 heterocycles. The topological polar surface area (TPSA) is 35.3 Å². The zero-order chi connectivity index (χ0) is 14.6. The Morgan fingerprint density at radius 2 is 2.20 bits per heavy atom. The predicted octanol–water partition coefficient (Wildman–Crippen LogP) is 4.77. The molecule has 0 aliphatic heterocycles. The molecule has 1 aromatic rings. The van der Waals surface area contributed by atoms with Crippen LogP contribution in [0.15, 0.2) is 10.6 Å². The molecule has 4 heteroatoms. The van der Waals surface area contributed by atoms with Gasteiger partial charge in [-0.1, -0.05) is 43.4 Å². The number of rotatable bonds is 7. The fraction of sp³-hybridized carbons (Fsp3) is 0.812. The number of hydrogen-bond donors (Lipinski definition) is 0. The van der Waals surface area contributed by atoms with Crippen LogP contribution in [0, 0.1) is 11.3 Å². The lowest BCUT2D eigenvalue weighted by atomic mass is 9.81. The molecule has 1 aromatic heterocycles. The van der Waals surface area contributed by atoms with Gasteiger partial charge in [-0.15, -0.1) is 0 Å². The highest BCUT2D eigenvalue weighted by Crippen LogP contribution is 2.44. The van der Waals surface area contributed by atoms with Gasteiger partial charge < -0.3 is 9.15 Å². The molecule has 0 spiro atoms. The zero-order valence-electron chi connectivity index (χ0n) is 12.8. The van der Waals surface area contributed by atoms with Crippen molar-refractivity contribution in [3.8, 4) is 0 Å². The number of oxazole rings is 1. The van der Waals surface area contributed by atoms with Crippen LogP contribution in [0.3, 0.4) is 0 Å². The van der Waals surface area contributed by atoms with Crippen molar-refractivity contribution < 1.29 is 9.15 Å². The molecule has 0 N–H and O–H groups in total. The number of nitrogens with zero attached hydrogens (tertiary/aromatic N) is 1. The SMILES string of the molecule is CC1CC[C@H](OCc2ncc(CCCCI)o2)C1(C)C. The normalized spacial score (nSPS) is 25.2. The molecular formula is C16H26INO2. The molecule has 1 aliphatic carbocycles. The third-order valence-corrected chi connectivity index (χ3v) is 5.54. The van der Waals surface area contributed by atoms with Crippen LogP contribution in [-0.4, -0.2) is 15.5 Å². The van der Waals surface area contributed by atoms with Crippen LogP contribution in [0.25, 0.3) is 0 Å². The van der Waals surface area contributed by atoms with Gasteiger partial charge in [0.25, 0.3) is 0 Å². The van der Waals surface area contributed by atoms with Gasteiger partial charge >= 0.3 is 0 Å². The second-order valence-corrected chi connectivity index (χ2v) is 7.54. The molecule has 0 aromatic carbocycles. The maximum atomic E-state index is 6.06. The summed E-state index contributed by atoms with van der Waals surface area (Å²) >= 11 is 2.41. The van der Waals surface area contributed by atoms with E-state index in [0.29, 0.717) is 12.7 Å². The van der Waals surface area contributed by atoms with E-state index in [9.17, 15) is 0 Å². The first-order chi connectivity index (χ1) is 9.54. The van der Waals surface area contributed by atoms with E-state index in [1.54, 1.807) is 0 Å². The second kappa shape index (κ2) is 7.25.